The monoisotopic (exact) mass is 284 g/mol. The average molecular weight is 284 g/mol. The van der Waals surface area contributed by atoms with Gasteiger partial charge in [-0.25, -0.2) is 0 Å². The maximum atomic E-state index is 10.3. The largest absolute Gasteiger partial charge is 0.504 e. The highest BCUT2D eigenvalue weighted by atomic mass is 16.5. The lowest BCUT2D eigenvalue weighted by molar-refractivity contribution is 0.284. The van der Waals surface area contributed by atoms with E-state index in [0.29, 0.717) is 24.2 Å². The molecule has 112 valence electrons. The van der Waals surface area contributed by atoms with Crippen LogP contribution in [0, 0.1) is 0 Å². The fourth-order valence-electron chi connectivity index (χ4n) is 2.31. The van der Waals surface area contributed by atoms with Crippen molar-refractivity contribution in [2.75, 3.05) is 0 Å². The molecule has 0 heterocycles. The predicted molar refractivity (Wildman–Crippen MR) is 87.1 cm³/mol. The topological polar surface area (TPSA) is 29.5 Å². The van der Waals surface area contributed by atoms with Crippen molar-refractivity contribution in [2.45, 2.75) is 46.1 Å². The average Bonchev–Trinajstić information content (AvgIpc) is 2.46. The fraction of sp³-hybridized carbons (Fsp3) is 0.368. The standard InChI is InChI=1S/C19H24O2/c1-13(2)16-10-17(14(3)4)19(18(20)11-16)21-12-15-8-6-5-7-9-15/h5-11,13-14,20H,12H2,1-4H3. The summed E-state index contributed by atoms with van der Waals surface area (Å²) >= 11 is 0. The molecule has 0 saturated heterocycles. The molecule has 0 atom stereocenters. The minimum atomic E-state index is 0.237. The van der Waals surface area contributed by atoms with Gasteiger partial charge in [-0.15, -0.1) is 0 Å². The molecule has 0 unspecified atom stereocenters. The molecule has 0 fully saturated rings. The van der Waals surface area contributed by atoms with Gasteiger partial charge >= 0.3 is 0 Å². The third-order valence-electron chi connectivity index (χ3n) is 3.64. The second kappa shape index (κ2) is 6.66. The summed E-state index contributed by atoms with van der Waals surface area (Å²) < 4.78 is 5.90. The Labute approximate surface area is 127 Å². The molecule has 0 bridgehead atoms. The van der Waals surface area contributed by atoms with Crippen LogP contribution in [0.3, 0.4) is 0 Å². The zero-order valence-corrected chi connectivity index (χ0v) is 13.3. The molecule has 2 rings (SSSR count). The molecule has 2 aromatic carbocycles. The SMILES string of the molecule is CC(C)c1cc(O)c(OCc2ccccc2)c(C(C)C)c1. The molecule has 2 nitrogen and oxygen atoms in total. The maximum absolute atomic E-state index is 10.3. The van der Waals surface area contributed by atoms with E-state index >= 15 is 0 Å². The lowest BCUT2D eigenvalue weighted by Crippen LogP contribution is -2.02. The summed E-state index contributed by atoms with van der Waals surface area (Å²) in [7, 11) is 0. The minimum Gasteiger partial charge on any atom is -0.504 e. The third kappa shape index (κ3) is 3.78. The molecule has 2 aromatic rings. The van der Waals surface area contributed by atoms with Gasteiger partial charge in [0.25, 0.3) is 0 Å². The van der Waals surface area contributed by atoms with Crippen LogP contribution in [0.5, 0.6) is 11.5 Å². The number of hydrogen-bond acceptors (Lipinski definition) is 2. The van der Waals surface area contributed by atoms with Crippen LogP contribution in [0.4, 0.5) is 0 Å². The Kier molecular flexibility index (Phi) is 4.89. The first-order chi connectivity index (χ1) is 9.99. The lowest BCUT2D eigenvalue weighted by atomic mass is 9.94. The van der Waals surface area contributed by atoms with Gasteiger partial charge in [0.1, 0.15) is 6.61 Å². The molecule has 2 heteroatoms. The Morgan fingerprint density at radius 2 is 1.62 bits per heavy atom. The first-order valence-corrected chi connectivity index (χ1v) is 7.52. The van der Waals surface area contributed by atoms with E-state index < -0.39 is 0 Å². The summed E-state index contributed by atoms with van der Waals surface area (Å²) in [6, 6.07) is 14.0. The van der Waals surface area contributed by atoms with Crippen LogP contribution >= 0.6 is 0 Å². The Hall–Kier alpha value is -1.96. The van der Waals surface area contributed by atoms with E-state index in [4.69, 9.17) is 4.74 Å². The first-order valence-electron chi connectivity index (χ1n) is 7.52. The van der Waals surface area contributed by atoms with Crippen molar-refractivity contribution in [3.05, 3.63) is 59.2 Å². The number of phenolic OH excluding ortho intramolecular Hbond substituents is 1. The molecule has 0 spiro atoms. The van der Waals surface area contributed by atoms with E-state index in [2.05, 4.69) is 33.8 Å². The number of ether oxygens (including phenoxy) is 1. The van der Waals surface area contributed by atoms with Crippen LogP contribution in [-0.2, 0) is 6.61 Å². The summed E-state index contributed by atoms with van der Waals surface area (Å²) in [4.78, 5) is 0. The summed E-state index contributed by atoms with van der Waals surface area (Å²) in [5.74, 6) is 1.54. The van der Waals surface area contributed by atoms with Crippen molar-refractivity contribution in [3.8, 4) is 11.5 Å². The minimum absolute atomic E-state index is 0.237. The van der Waals surface area contributed by atoms with Gasteiger partial charge in [0.2, 0.25) is 0 Å². The van der Waals surface area contributed by atoms with Crippen molar-refractivity contribution in [1.29, 1.82) is 0 Å². The first kappa shape index (κ1) is 15.4. The van der Waals surface area contributed by atoms with Gasteiger partial charge in [0.05, 0.1) is 0 Å². The van der Waals surface area contributed by atoms with Gasteiger partial charge in [0, 0.05) is 5.56 Å². The zero-order chi connectivity index (χ0) is 15.4. The summed E-state index contributed by atoms with van der Waals surface area (Å²) in [6.45, 7) is 8.96. The Morgan fingerprint density at radius 3 is 2.19 bits per heavy atom. The fourth-order valence-corrected chi connectivity index (χ4v) is 2.31. The third-order valence-corrected chi connectivity index (χ3v) is 3.64. The molecule has 21 heavy (non-hydrogen) atoms. The molecule has 0 aliphatic heterocycles. The van der Waals surface area contributed by atoms with Crippen molar-refractivity contribution >= 4 is 0 Å². The number of phenols is 1. The van der Waals surface area contributed by atoms with Crippen LogP contribution in [0.2, 0.25) is 0 Å². The van der Waals surface area contributed by atoms with Gasteiger partial charge in [-0.2, -0.15) is 0 Å². The van der Waals surface area contributed by atoms with Gasteiger partial charge < -0.3 is 9.84 Å². The molecular weight excluding hydrogens is 260 g/mol. The molecule has 0 aliphatic carbocycles. The molecule has 1 N–H and O–H groups in total. The molecule has 0 amide bonds. The number of rotatable bonds is 5. The van der Waals surface area contributed by atoms with Crippen LogP contribution in [0.15, 0.2) is 42.5 Å². The van der Waals surface area contributed by atoms with Crippen molar-refractivity contribution < 1.29 is 9.84 Å². The van der Waals surface area contributed by atoms with Crippen LogP contribution in [-0.4, -0.2) is 5.11 Å². The van der Waals surface area contributed by atoms with E-state index in [9.17, 15) is 5.11 Å². The molecule has 0 aliphatic rings. The summed E-state index contributed by atoms with van der Waals surface area (Å²) in [6.07, 6.45) is 0. The number of hydrogen-bond donors (Lipinski definition) is 1. The Balaban J connectivity index is 2.29. The van der Waals surface area contributed by atoms with Gasteiger partial charge in [0.15, 0.2) is 11.5 Å². The van der Waals surface area contributed by atoms with E-state index in [-0.39, 0.29) is 5.75 Å². The van der Waals surface area contributed by atoms with Gasteiger partial charge in [-0.1, -0.05) is 64.1 Å². The smallest absolute Gasteiger partial charge is 0.164 e. The van der Waals surface area contributed by atoms with Crippen LogP contribution in [0.1, 0.15) is 56.2 Å². The second-order valence-corrected chi connectivity index (χ2v) is 6.04. The highest BCUT2D eigenvalue weighted by molar-refractivity contribution is 5.50. The summed E-state index contributed by atoms with van der Waals surface area (Å²) in [5.41, 5.74) is 3.30. The molecule has 0 radical (unpaired) electrons. The predicted octanol–water partition coefficient (Wildman–Crippen LogP) is 5.22. The van der Waals surface area contributed by atoms with Crippen molar-refractivity contribution in [2.24, 2.45) is 0 Å². The normalized spacial score (nSPS) is 11.1. The van der Waals surface area contributed by atoms with Crippen molar-refractivity contribution in [1.82, 2.24) is 0 Å². The van der Waals surface area contributed by atoms with Crippen LogP contribution < -0.4 is 4.74 Å². The molecule has 0 saturated carbocycles. The quantitative estimate of drug-likeness (QED) is 0.815. The van der Waals surface area contributed by atoms with Gasteiger partial charge in [-0.05, 0) is 29.0 Å². The number of aromatic hydroxyl groups is 1. The van der Waals surface area contributed by atoms with E-state index in [1.54, 1.807) is 0 Å². The Bertz CT molecular complexity index is 586. The van der Waals surface area contributed by atoms with E-state index in [1.165, 1.54) is 0 Å². The van der Waals surface area contributed by atoms with E-state index in [1.807, 2.05) is 36.4 Å². The highest BCUT2D eigenvalue weighted by Gasteiger charge is 2.16. The van der Waals surface area contributed by atoms with Crippen LogP contribution in [0.25, 0.3) is 0 Å². The molecular formula is C19H24O2. The maximum Gasteiger partial charge on any atom is 0.164 e. The van der Waals surface area contributed by atoms with Crippen molar-refractivity contribution in [3.63, 3.8) is 0 Å². The van der Waals surface area contributed by atoms with E-state index in [0.717, 1.165) is 16.7 Å². The number of benzene rings is 2. The zero-order valence-electron chi connectivity index (χ0n) is 13.3. The lowest BCUT2D eigenvalue weighted by Gasteiger charge is -2.18. The summed E-state index contributed by atoms with van der Waals surface area (Å²) in [5, 5.41) is 10.3. The van der Waals surface area contributed by atoms with Gasteiger partial charge in [-0.3, -0.25) is 0 Å². The Morgan fingerprint density at radius 1 is 0.952 bits per heavy atom. The second-order valence-electron chi connectivity index (χ2n) is 6.04. The highest BCUT2D eigenvalue weighted by Crippen LogP contribution is 2.38. The molecule has 0 aromatic heterocycles.